The van der Waals surface area contributed by atoms with Gasteiger partial charge in [-0.3, -0.25) is 4.79 Å². The number of nitrogens with one attached hydrogen (secondary N) is 2. The fourth-order valence-corrected chi connectivity index (χ4v) is 4.60. The number of hydrogen-bond donors (Lipinski definition) is 2. The van der Waals surface area contributed by atoms with Crippen LogP contribution in [0.4, 0.5) is 5.69 Å². The smallest absolute Gasteiger partial charge is 0.239 e. The largest absolute Gasteiger partial charge is 0.325 e. The maximum atomic E-state index is 12.3. The van der Waals surface area contributed by atoms with Gasteiger partial charge in [-0.1, -0.05) is 29.8 Å². The summed E-state index contributed by atoms with van der Waals surface area (Å²) in [6.45, 7) is 3.58. The zero-order valence-electron chi connectivity index (χ0n) is 14.8. The highest BCUT2D eigenvalue weighted by Gasteiger charge is 2.19. The normalized spacial score (nSPS) is 11.8. The second-order valence-electron chi connectivity index (χ2n) is 5.85. The van der Waals surface area contributed by atoms with Crippen LogP contribution in [0, 0.1) is 0 Å². The molecule has 10 heteroatoms. The Hall–Kier alpha value is -2.20. The van der Waals surface area contributed by atoms with Crippen LogP contribution in [-0.2, 0) is 30.4 Å². The summed E-state index contributed by atoms with van der Waals surface area (Å²) in [6, 6.07) is 11.6. The first-order chi connectivity index (χ1) is 13.1. The molecule has 150 valence electrons. The third-order valence-electron chi connectivity index (χ3n) is 3.54. The van der Waals surface area contributed by atoms with E-state index in [0.717, 1.165) is 0 Å². The molecular formula is C18H19ClN2O5S2. The third-order valence-corrected chi connectivity index (χ3v) is 6.74. The second kappa shape index (κ2) is 9.33. The Morgan fingerprint density at radius 2 is 1.61 bits per heavy atom. The van der Waals surface area contributed by atoms with Crippen molar-refractivity contribution in [1.29, 1.82) is 0 Å². The average molecular weight is 443 g/mol. The Kier molecular flexibility index (Phi) is 7.36. The number of benzene rings is 2. The van der Waals surface area contributed by atoms with Gasteiger partial charge in [-0.25, -0.2) is 21.6 Å². The summed E-state index contributed by atoms with van der Waals surface area (Å²) in [5.41, 5.74) is 0.875. The highest BCUT2D eigenvalue weighted by molar-refractivity contribution is 7.92. The van der Waals surface area contributed by atoms with Crippen molar-refractivity contribution in [3.63, 3.8) is 0 Å². The van der Waals surface area contributed by atoms with Gasteiger partial charge in [0.05, 0.1) is 10.6 Å². The fourth-order valence-electron chi connectivity index (χ4n) is 2.24. The fraction of sp³-hybridized carbons (Fsp3) is 0.167. The molecule has 28 heavy (non-hydrogen) atoms. The molecule has 2 N–H and O–H groups in total. The molecule has 0 radical (unpaired) electrons. The highest BCUT2D eigenvalue weighted by Crippen LogP contribution is 2.16. The van der Waals surface area contributed by atoms with Gasteiger partial charge in [0.15, 0.2) is 9.84 Å². The SMILES string of the molecule is C=CCNS(=O)(=O)Cc1ccc(NC(=O)CS(=O)(=O)c2ccc(Cl)cc2)cc1. The third kappa shape index (κ3) is 6.75. The standard InChI is InChI=1S/C18H19ClN2O5S2/c1-2-11-20-28(25,26)12-14-3-7-16(8-4-14)21-18(22)13-27(23,24)17-9-5-15(19)6-10-17/h2-10,20H,1,11-13H2,(H,21,22). The number of hydrogen-bond acceptors (Lipinski definition) is 5. The van der Waals surface area contributed by atoms with Crippen LogP contribution in [0.3, 0.4) is 0 Å². The van der Waals surface area contributed by atoms with E-state index in [9.17, 15) is 21.6 Å². The number of amides is 1. The maximum Gasteiger partial charge on any atom is 0.239 e. The number of carbonyl (C=O) groups excluding carboxylic acids is 1. The number of sulfone groups is 1. The zero-order chi connectivity index (χ0) is 20.8. The van der Waals surface area contributed by atoms with Crippen molar-refractivity contribution in [2.24, 2.45) is 0 Å². The first-order valence-corrected chi connectivity index (χ1v) is 11.7. The molecular weight excluding hydrogens is 424 g/mol. The van der Waals surface area contributed by atoms with E-state index >= 15 is 0 Å². The summed E-state index contributed by atoms with van der Waals surface area (Å²) >= 11 is 5.73. The van der Waals surface area contributed by atoms with Crippen LogP contribution in [0.15, 0.2) is 66.1 Å². The minimum Gasteiger partial charge on any atom is -0.325 e. The van der Waals surface area contributed by atoms with E-state index in [1.54, 1.807) is 0 Å². The molecule has 0 aliphatic heterocycles. The summed E-state index contributed by atoms with van der Waals surface area (Å²) in [5, 5.41) is 2.87. The molecule has 2 aromatic rings. The maximum absolute atomic E-state index is 12.3. The number of halogens is 1. The number of anilines is 1. The molecule has 0 fully saturated rings. The quantitative estimate of drug-likeness (QED) is 0.579. The zero-order valence-corrected chi connectivity index (χ0v) is 17.1. The van der Waals surface area contributed by atoms with Gasteiger partial charge in [0.1, 0.15) is 5.75 Å². The van der Waals surface area contributed by atoms with Gasteiger partial charge in [-0.05, 0) is 42.0 Å². The van der Waals surface area contributed by atoms with E-state index < -0.39 is 31.5 Å². The van der Waals surface area contributed by atoms with E-state index in [-0.39, 0.29) is 17.2 Å². The van der Waals surface area contributed by atoms with Crippen LogP contribution in [0.2, 0.25) is 5.02 Å². The van der Waals surface area contributed by atoms with E-state index in [1.807, 2.05) is 0 Å². The summed E-state index contributed by atoms with van der Waals surface area (Å²) in [4.78, 5) is 12.1. The van der Waals surface area contributed by atoms with E-state index in [2.05, 4.69) is 16.6 Å². The lowest BCUT2D eigenvalue weighted by atomic mass is 10.2. The average Bonchev–Trinajstić information content (AvgIpc) is 2.61. The Morgan fingerprint density at radius 3 is 2.18 bits per heavy atom. The summed E-state index contributed by atoms with van der Waals surface area (Å²) in [7, 11) is -7.29. The van der Waals surface area contributed by atoms with Gasteiger partial charge in [0, 0.05) is 17.3 Å². The van der Waals surface area contributed by atoms with Crippen LogP contribution in [0.1, 0.15) is 5.56 Å². The lowest BCUT2D eigenvalue weighted by Gasteiger charge is -2.08. The van der Waals surface area contributed by atoms with Crippen molar-refractivity contribution >= 4 is 43.1 Å². The predicted molar refractivity (Wildman–Crippen MR) is 109 cm³/mol. The molecule has 0 bridgehead atoms. The molecule has 1 amide bonds. The van der Waals surface area contributed by atoms with Gasteiger partial charge < -0.3 is 5.32 Å². The topological polar surface area (TPSA) is 109 Å². The number of rotatable bonds is 9. The lowest BCUT2D eigenvalue weighted by molar-refractivity contribution is -0.113. The molecule has 0 unspecified atom stereocenters. The van der Waals surface area contributed by atoms with Crippen LogP contribution in [0.25, 0.3) is 0 Å². The number of sulfonamides is 1. The highest BCUT2D eigenvalue weighted by atomic mass is 35.5. The second-order valence-corrected chi connectivity index (χ2v) is 10.1. The Morgan fingerprint density at radius 1 is 1.00 bits per heavy atom. The number of carbonyl (C=O) groups is 1. The minimum absolute atomic E-state index is 0.000344. The molecule has 2 rings (SSSR count). The van der Waals surface area contributed by atoms with Gasteiger partial charge in [-0.15, -0.1) is 6.58 Å². The van der Waals surface area contributed by atoms with Gasteiger partial charge in [-0.2, -0.15) is 0 Å². The van der Waals surface area contributed by atoms with Crippen molar-refractivity contribution in [3.8, 4) is 0 Å². The van der Waals surface area contributed by atoms with Gasteiger partial charge >= 0.3 is 0 Å². The predicted octanol–water partition coefficient (Wildman–Crippen LogP) is 2.36. The first kappa shape index (κ1) is 22.1. The van der Waals surface area contributed by atoms with Crippen molar-refractivity contribution < 1.29 is 21.6 Å². The Bertz CT molecular complexity index is 1050. The summed E-state index contributed by atoms with van der Waals surface area (Å²) < 4.78 is 50.5. The molecule has 0 aliphatic rings. The minimum atomic E-state index is -3.80. The lowest BCUT2D eigenvalue weighted by Crippen LogP contribution is -2.25. The van der Waals surface area contributed by atoms with Gasteiger partial charge in [0.2, 0.25) is 15.9 Å². The van der Waals surface area contributed by atoms with Crippen molar-refractivity contribution in [2.45, 2.75) is 10.6 Å². The molecule has 0 saturated heterocycles. The molecule has 0 aliphatic carbocycles. The van der Waals surface area contributed by atoms with E-state index in [1.165, 1.54) is 54.6 Å². The van der Waals surface area contributed by atoms with Crippen molar-refractivity contribution in [3.05, 3.63) is 71.8 Å². The van der Waals surface area contributed by atoms with Crippen LogP contribution in [0.5, 0.6) is 0 Å². The van der Waals surface area contributed by atoms with E-state index in [4.69, 9.17) is 11.6 Å². The molecule has 0 atom stereocenters. The monoisotopic (exact) mass is 442 g/mol. The first-order valence-electron chi connectivity index (χ1n) is 8.07. The molecule has 0 heterocycles. The van der Waals surface area contributed by atoms with Crippen LogP contribution >= 0.6 is 11.6 Å². The molecule has 0 aromatic heterocycles. The molecule has 0 spiro atoms. The van der Waals surface area contributed by atoms with Gasteiger partial charge in [0.25, 0.3) is 0 Å². The van der Waals surface area contributed by atoms with E-state index in [0.29, 0.717) is 16.3 Å². The summed E-state index contributed by atoms with van der Waals surface area (Å²) in [6.07, 6.45) is 1.44. The molecule has 0 saturated carbocycles. The van der Waals surface area contributed by atoms with Crippen LogP contribution in [-0.4, -0.2) is 35.0 Å². The Balaban J connectivity index is 1.99. The van der Waals surface area contributed by atoms with Crippen molar-refractivity contribution in [1.82, 2.24) is 4.72 Å². The molecule has 7 nitrogen and oxygen atoms in total. The molecule has 2 aromatic carbocycles. The summed E-state index contributed by atoms with van der Waals surface area (Å²) in [5.74, 6) is -1.65. The van der Waals surface area contributed by atoms with Crippen LogP contribution < -0.4 is 10.0 Å². The van der Waals surface area contributed by atoms with Crippen molar-refractivity contribution in [2.75, 3.05) is 17.6 Å². The Labute approximate surface area is 169 Å².